The molecule has 3 N–H and O–H groups in total. The zero-order valence-electron chi connectivity index (χ0n) is 9.98. The highest BCUT2D eigenvalue weighted by molar-refractivity contribution is 7.15. The second kappa shape index (κ2) is 5.55. The molecule has 0 aliphatic heterocycles. The van der Waals surface area contributed by atoms with Crippen LogP contribution in [0.15, 0.2) is 0 Å². The van der Waals surface area contributed by atoms with Crippen LogP contribution in [0.25, 0.3) is 0 Å². The van der Waals surface area contributed by atoms with Gasteiger partial charge in [-0.3, -0.25) is 4.79 Å². The molecule has 6 heteroatoms. The van der Waals surface area contributed by atoms with Crippen molar-refractivity contribution in [3.05, 3.63) is 5.01 Å². The Balaban J connectivity index is 1.98. The lowest BCUT2D eigenvalue weighted by atomic mass is 9.95. The predicted octanol–water partition coefficient (Wildman–Crippen LogP) is 1.69. The number of aryl methyl sites for hydroxylation is 1. The summed E-state index contributed by atoms with van der Waals surface area (Å²) in [7, 11) is 0. The maximum atomic E-state index is 12.1. The third-order valence-electron chi connectivity index (χ3n) is 3.16. The second-order valence-corrected chi connectivity index (χ2v) is 5.71. The summed E-state index contributed by atoms with van der Waals surface area (Å²) in [6.07, 6.45) is 5.21. The van der Waals surface area contributed by atoms with Crippen LogP contribution in [0.5, 0.6) is 0 Å². The smallest absolute Gasteiger partial charge is 0.230 e. The van der Waals surface area contributed by atoms with Crippen LogP contribution < -0.4 is 11.1 Å². The molecule has 1 fully saturated rings. The van der Waals surface area contributed by atoms with Gasteiger partial charge in [0.1, 0.15) is 5.01 Å². The number of nitrogens with one attached hydrogen (secondary N) is 1. The largest absolute Gasteiger partial charge is 0.327 e. The van der Waals surface area contributed by atoms with E-state index < -0.39 is 0 Å². The van der Waals surface area contributed by atoms with Crippen LogP contribution in [0.3, 0.4) is 0 Å². The van der Waals surface area contributed by atoms with E-state index in [0.717, 1.165) is 30.7 Å². The first-order valence-corrected chi connectivity index (χ1v) is 6.85. The van der Waals surface area contributed by atoms with E-state index in [1.807, 2.05) is 6.92 Å². The minimum atomic E-state index is -0.0818. The molecule has 0 bridgehead atoms. The lowest BCUT2D eigenvalue weighted by molar-refractivity contribution is -0.120. The lowest BCUT2D eigenvalue weighted by Gasteiger charge is -2.19. The summed E-state index contributed by atoms with van der Waals surface area (Å²) in [5, 5.41) is 12.0. The van der Waals surface area contributed by atoms with Crippen LogP contribution in [0.1, 0.15) is 37.1 Å². The van der Waals surface area contributed by atoms with Gasteiger partial charge in [0.2, 0.25) is 11.0 Å². The van der Waals surface area contributed by atoms with Gasteiger partial charge in [-0.05, 0) is 19.8 Å². The molecule has 1 aliphatic rings. The van der Waals surface area contributed by atoms with Crippen molar-refractivity contribution >= 4 is 22.4 Å². The van der Waals surface area contributed by atoms with E-state index in [-0.39, 0.29) is 17.9 Å². The normalized spacial score (nSPS) is 25.3. The van der Waals surface area contributed by atoms with Gasteiger partial charge in [-0.2, -0.15) is 0 Å². The van der Waals surface area contributed by atoms with Gasteiger partial charge < -0.3 is 11.1 Å². The summed E-state index contributed by atoms with van der Waals surface area (Å²) in [6, 6.07) is -0.0217. The van der Waals surface area contributed by atoms with Gasteiger partial charge in [0.05, 0.1) is 5.92 Å². The third kappa shape index (κ3) is 3.23. The topological polar surface area (TPSA) is 80.9 Å². The van der Waals surface area contributed by atoms with Gasteiger partial charge in [0, 0.05) is 6.04 Å². The van der Waals surface area contributed by atoms with Gasteiger partial charge in [-0.15, -0.1) is 10.2 Å². The van der Waals surface area contributed by atoms with Crippen molar-refractivity contribution in [3.8, 4) is 0 Å². The van der Waals surface area contributed by atoms with Crippen LogP contribution in [0.4, 0.5) is 5.13 Å². The van der Waals surface area contributed by atoms with E-state index in [4.69, 9.17) is 5.73 Å². The quantitative estimate of drug-likeness (QED) is 0.787. The van der Waals surface area contributed by atoms with Crippen LogP contribution in [-0.2, 0) is 4.79 Å². The second-order valence-electron chi connectivity index (χ2n) is 4.52. The van der Waals surface area contributed by atoms with E-state index in [1.165, 1.54) is 17.8 Å². The molecule has 2 atom stereocenters. The molecule has 5 nitrogen and oxygen atoms in total. The van der Waals surface area contributed by atoms with Crippen molar-refractivity contribution in [1.29, 1.82) is 0 Å². The Kier molecular flexibility index (Phi) is 4.06. The van der Waals surface area contributed by atoms with E-state index in [1.54, 1.807) is 0 Å². The number of hydrogen-bond acceptors (Lipinski definition) is 5. The number of amides is 1. The molecule has 1 aromatic rings. The van der Waals surface area contributed by atoms with E-state index in [2.05, 4.69) is 15.5 Å². The molecule has 2 rings (SSSR count). The molecule has 0 spiro atoms. The Hall–Kier alpha value is -1.01. The van der Waals surface area contributed by atoms with Crippen molar-refractivity contribution in [1.82, 2.24) is 10.2 Å². The SMILES string of the molecule is Cc1nnc(NC(=O)C2CCCCCC2N)s1. The monoisotopic (exact) mass is 254 g/mol. The molecule has 0 aromatic carbocycles. The average molecular weight is 254 g/mol. The molecule has 1 aromatic heterocycles. The summed E-state index contributed by atoms with van der Waals surface area (Å²) in [5.74, 6) is -0.0859. The Morgan fingerprint density at radius 3 is 2.82 bits per heavy atom. The first-order valence-electron chi connectivity index (χ1n) is 6.03. The van der Waals surface area contributed by atoms with Crippen molar-refractivity contribution in [2.75, 3.05) is 5.32 Å². The number of hydrogen-bond donors (Lipinski definition) is 2. The van der Waals surface area contributed by atoms with Crippen molar-refractivity contribution in [2.45, 2.75) is 45.1 Å². The van der Waals surface area contributed by atoms with Crippen LogP contribution in [-0.4, -0.2) is 22.1 Å². The highest BCUT2D eigenvalue weighted by atomic mass is 32.1. The zero-order valence-corrected chi connectivity index (χ0v) is 10.8. The summed E-state index contributed by atoms with van der Waals surface area (Å²) < 4.78 is 0. The Morgan fingerprint density at radius 2 is 2.12 bits per heavy atom. The van der Waals surface area contributed by atoms with Gasteiger partial charge in [0.25, 0.3) is 0 Å². The fourth-order valence-electron chi connectivity index (χ4n) is 2.21. The number of anilines is 1. The highest BCUT2D eigenvalue weighted by Crippen LogP contribution is 2.24. The number of carbonyl (C=O) groups excluding carboxylic acids is 1. The molecule has 0 saturated heterocycles. The molecular weight excluding hydrogens is 236 g/mol. The highest BCUT2D eigenvalue weighted by Gasteiger charge is 2.27. The average Bonchev–Trinajstić information content (AvgIpc) is 2.57. The van der Waals surface area contributed by atoms with Crippen LogP contribution in [0, 0.1) is 12.8 Å². The molecule has 1 aliphatic carbocycles. The summed E-state index contributed by atoms with van der Waals surface area (Å²) in [5.41, 5.74) is 6.05. The van der Waals surface area contributed by atoms with Crippen molar-refractivity contribution in [3.63, 3.8) is 0 Å². The lowest BCUT2D eigenvalue weighted by Crippen LogP contribution is -2.37. The minimum absolute atomic E-state index is 0.00412. The molecule has 0 radical (unpaired) electrons. The maximum Gasteiger partial charge on any atom is 0.230 e. The first-order chi connectivity index (χ1) is 8.16. The van der Waals surface area contributed by atoms with Crippen molar-refractivity contribution < 1.29 is 4.79 Å². The number of nitrogens with two attached hydrogens (primary N) is 1. The number of nitrogens with zero attached hydrogens (tertiary/aromatic N) is 2. The molecule has 1 heterocycles. The van der Waals surface area contributed by atoms with Crippen LogP contribution in [0.2, 0.25) is 0 Å². The van der Waals surface area contributed by atoms with E-state index in [9.17, 15) is 4.79 Å². The van der Waals surface area contributed by atoms with Gasteiger partial charge in [-0.1, -0.05) is 30.6 Å². The molecule has 94 valence electrons. The molecule has 1 saturated carbocycles. The molecule has 17 heavy (non-hydrogen) atoms. The molecule has 2 unspecified atom stereocenters. The van der Waals surface area contributed by atoms with Crippen LogP contribution >= 0.6 is 11.3 Å². The standard InChI is InChI=1S/C11H18N4OS/c1-7-14-15-11(17-7)13-10(16)8-5-3-2-4-6-9(8)12/h8-9H,2-6,12H2,1H3,(H,13,15,16). The van der Waals surface area contributed by atoms with Gasteiger partial charge in [0.15, 0.2) is 0 Å². The van der Waals surface area contributed by atoms with Gasteiger partial charge in [-0.25, -0.2) is 0 Å². The number of carbonyl (C=O) groups is 1. The first kappa shape index (κ1) is 12.4. The van der Waals surface area contributed by atoms with E-state index >= 15 is 0 Å². The zero-order chi connectivity index (χ0) is 12.3. The Labute approximate surface area is 105 Å². The maximum absolute atomic E-state index is 12.1. The summed E-state index contributed by atoms with van der Waals surface area (Å²) in [6.45, 7) is 1.87. The number of aromatic nitrogens is 2. The Morgan fingerprint density at radius 1 is 1.35 bits per heavy atom. The minimum Gasteiger partial charge on any atom is -0.327 e. The predicted molar refractivity (Wildman–Crippen MR) is 67.8 cm³/mol. The fraction of sp³-hybridized carbons (Fsp3) is 0.727. The molecule has 1 amide bonds. The summed E-state index contributed by atoms with van der Waals surface area (Å²) >= 11 is 1.39. The van der Waals surface area contributed by atoms with Gasteiger partial charge >= 0.3 is 0 Å². The number of rotatable bonds is 2. The van der Waals surface area contributed by atoms with E-state index in [0.29, 0.717) is 5.13 Å². The molecular formula is C11H18N4OS. The Bertz CT molecular complexity index is 393. The fourth-order valence-corrected chi connectivity index (χ4v) is 2.80. The summed E-state index contributed by atoms with van der Waals surface area (Å²) in [4.78, 5) is 12.1. The van der Waals surface area contributed by atoms with Crippen molar-refractivity contribution in [2.24, 2.45) is 11.7 Å². The third-order valence-corrected chi connectivity index (χ3v) is 3.92.